The number of nitrogens with one attached hydrogen (secondary N) is 2. The van der Waals surface area contributed by atoms with Gasteiger partial charge in [-0.05, 0) is 51.4 Å². The average Bonchev–Trinajstić information content (AvgIpc) is 2.57. The molecule has 1 atom stereocenters. The number of carbonyl (C=O) groups is 1. The highest BCUT2D eigenvalue weighted by Crippen LogP contribution is 2.34. The number of thiocarbonyl (C=S) groups is 1. The minimum absolute atomic E-state index is 0.114. The first-order valence-corrected chi connectivity index (χ1v) is 8.33. The maximum absolute atomic E-state index is 12.2. The van der Waals surface area contributed by atoms with E-state index in [9.17, 15) is 9.90 Å². The van der Waals surface area contributed by atoms with E-state index in [0.717, 1.165) is 11.1 Å². The largest absolute Gasteiger partial charge is 0.507 e. The second-order valence-electron chi connectivity index (χ2n) is 5.26. The van der Waals surface area contributed by atoms with Crippen molar-refractivity contribution in [1.82, 2.24) is 10.6 Å². The number of phenolic OH excluding ortho intramolecular Hbond substituents is 1. The monoisotopic (exact) mass is 403 g/mol. The van der Waals surface area contributed by atoms with Crippen molar-refractivity contribution in [2.45, 2.75) is 6.04 Å². The van der Waals surface area contributed by atoms with Crippen LogP contribution in [-0.2, 0) is 4.79 Å². The lowest BCUT2D eigenvalue weighted by atomic mass is 9.92. The molecule has 1 aliphatic rings. The number of amides is 1. The van der Waals surface area contributed by atoms with Crippen LogP contribution in [0.3, 0.4) is 0 Å². The van der Waals surface area contributed by atoms with Gasteiger partial charge in [0.05, 0.1) is 21.8 Å². The molecule has 5 nitrogen and oxygen atoms in total. The number of aromatic hydroxyl groups is 1. The second-order valence-corrected chi connectivity index (χ2v) is 6.52. The van der Waals surface area contributed by atoms with E-state index in [1.807, 2.05) is 30.3 Å². The van der Waals surface area contributed by atoms with Crippen LogP contribution >= 0.6 is 28.1 Å². The van der Waals surface area contributed by atoms with Crippen molar-refractivity contribution in [3.63, 3.8) is 0 Å². The Bertz CT molecular complexity index is 852. The number of nitrogens with two attached hydrogens (primary N) is 1. The molecule has 2 aromatic rings. The Hall–Kier alpha value is -2.38. The summed E-state index contributed by atoms with van der Waals surface area (Å²) in [6, 6.07) is 13.9. The number of phenols is 1. The van der Waals surface area contributed by atoms with Crippen LogP contribution in [-0.4, -0.2) is 16.1 Å². The molecule has 0 saturated heterocycles. The van der Waals surface area contributed by atoms with Crippen LogP contribution in [0.1, 0.15) is 17.2 Å². The topological polar surface area (TPSA) is 87.4 Å². The van der Waals surface area contributed by atoms with Crippen LogP contribution in [0, 0.1) is 0 Å². The number of primary amides is 1. The molecule has 24 heavy (non-hydrogen) atoms. The summed E-state index contributed by atoms with van der Waals surface area (Å²) in [4.78, 5) is 12.2. The molecule has 0 radical (unpaired) electrons. The van der Waals surface area contributed by atoms with Crippen molar-refractivity contribution in [1.29, 1.82) is 0 Å². The molecular weight excluding hydrogens is 390 g/mol. The zero-order chi connectivity index (χ0) is 17.3. The average molecular weight is 404 g/mol. The first-order chi connectivity index (χ1) is 11.5. The van der Waals surface area contributed by atoms with Gasteiger partial charge in [0.25, 0.3) is 0 Å². The fourth-order valence-corrected chi connectivity index (χ4v) is 3.23. The summed E-state index contributed by atoms with van der Waals surface area (Å²) in [5.41, 5.74) is 8.19. The van der Waals surface area contributed by atoms with E-state index in [2.05, 4.69) is 26.6 Å². The Morgan fingerprint density at radius 2 is 1.92 bits per heavy atom. The molecule has 0 aromatic heterocycles. The number of halogens is 1. The van der Waals surface area contributed by atoms with E-state index >= 15 is 0 Å². The highest BCUT2D eigenvalue weighted by atomic mass is 79.9. The van der Waals surface area contributed by atoms with Crippen molar-refractivity contribution in [2.75, 3.05) is 0 Å². The first-order valence-electron chi connectivity index (χ1n) is 7.12. The third-order valence-electron chi connectivity index (χ3n) is 3.70. The lowest BCUT2D eigenvalue weighted by molar-refractivity contribution is -0.114. The molecule has 1 aliphatic heterocycles. The van der Waals surface area contributed by atoms with E-state index in [1.165, 1.54) is 0 Å². The predicted octanol–water partition coefficient (Wildman–Crippen LogP) is 2.57. The molecule has 2 aromatic carbocycles. The van der Waals surface area contributed by atoms with Gasteiger partial charge in [-0.1, -0.05) is 36.4 Å². The summed E-state index contributed by atoms with van der Waals surface area (Å²) in [6.07, 6.45) is 0. The van der Waals surface area contributed by atoms with Crippen molar-refractivity contribution in [3.05, 3.63) is 69.7 Å². The van der Waals surface area contributed by atoms with Crippen molar-refractivity contribution in [3.8, 4) is 5.75 Å². The lowest BCUT2D eigenvalue weighted by Gasteiger charge is -2.31. The summed E-state index contributed by atoms with van der Waals surface area (Å²) >= 11 is 8.57. The van der Waals surface area contributed by atoms with Crippen molar-refractivity contribution < 1.29 is 9.90 Å². The maximum Gasteiger partial charge on any atom is 0.249 e. The Morgan fingerprint density at radius 1 is 1.21 bits per heavy atom. The van der Waals surface area contributed by atoms with Crippen LogP contribution in [0.2, 0.25) is 0 Å². The molecule has 0 unspecified atom stereocenters. The van der Waals surface area contributed by atoms with E-state index in [1.54, 1.807) is 18.2 Å². The zero-order valence-electron chi connectivity index (χ0n) is 12.4. The number of carbonyl (C=O) groups excluding carboxylic acids is 1. The zero-order valence-corrected chi connectivity index (χ0v) is 14.8. The molecule has 1 heterocycles. The Morgan fingerprint density at radius 3 is 2.54 bits per heavy atom. The minimum atomic E-state index is -0.550. The van der Waals surface area contributed by atoms with Crippen LogP contribution in [0.15, 0.2) is 58.6 Å². The quantitative estimate of drug-likeness (QED) is 0.591. The Balaban J connectivity index is 2.18. The molecule has 0 spiro atoms. The summed E-state index contributed by atoms with van der Waals surface area (Å²) < 4.78 is 0.524. The van der Waals surface area contributed by atoms with Gasteiger partial charge >= 0.3 is 0 Å². The standard InChI is InChI=1S/C17H14BrN3O2S/c18-11-8-10(6-7-12(11)22)15-13(16(19)23)14(20-17(24)21-15)9-4-2-1-3-5-9/h1-8,15,22H,(H2,19,23)(H2,20,21,24)/t15-/m1/s1. The molecule has 122 valence electrons. The lowest BCUT2D eigenvalue weighted by Crippen LogP contribution is -2.46. The molecule has 3 rings (SSSR count). The third kappa shape index (κ3) is 3.13. The number of hydrogen-bond acceptors (Lipinski definition) is 3. The molecule has 1 amide bonds. The fourth-order valence-electron chi connectivity index (χ4n) is 2.62. The molecule has 7 heteroatoms. The van der Waals surface area contributed by atoms with Crippen molar-refractivity contribution in [2.24, 2.45) is 5.73 Å². The van der Waals surface area contributed by atoms with E-state index in [4.69, 9.17) is 18.0 Å². The van der Waals surface area contributed by atoms with Gasteiger partial charge in [0.1, 0.15) is 5.75 Å². The summed E-state index contributed by atoms with van der Waals surface area (Å²) in [5.74, 6) is -0.436. The molecule has 5 N–H and O–H groups in total. The smallest absolute Gasteiger partial charge is 0.249 e. The summed E-state index contributed by atoms with van der Waals surface area (Å²) in [7, 11) is 0. The number of rotatable bonds is 3. The summed E-state index contributed by atoms with van der Waals surface area (Å²) in [5, 5.41) is 16.2. The van der Waals surface area contributed by atoms with Crippen LogP contribution in [0.5, 0.6) is 5.75 Å². The number of benzene rings is 2. The highest BCUT2D eigenvalue weighted by molar-refractivity contribution is 9.10. The van der Waals surface area contributed by atoms with E-state index in [-0.39, 0.29) is 5.75 Å². The third-order valence-corrected chi connectivity index (χ3v) is 4.56. The molecule has 0 fully saturated rings. The van der Waals surface area contributed by atoms with Gasteiger partial charge in [-0.25, -0.2) is 0 Å². The Labute approximate surface area is 152 Å². The van der Waals surface area contributed by atoms with Gasteiger partial charge < -0.3 is 21.5 Å². The van der Waals surface area contributed by atoms with Crippen LogP contribution < -0.4 is 16.4 Å². The molecule has 0 bridgehead atoms. The van der Waals surface area contributed by atoms with E-state index < -0.39 is 11.9 Å². The predicted molar refractivity (Wildman–Crippen MR) is 100.0 cm³/mol. The maximum atomic E-state index is 12.2. The second kappa shape index (κ2) is 6.62. The van der Waals surface area contributed by atoms with Gasteiger partial charge in [0.15, 0.2) is 5.11 Å². The van der Waals surface area contributed by atoms with Gasteiger partial charge in [-0.15, -0.1) is 0 Å². The fraction of sp³-hybridized carbons (Fsp3) is 0.0588. The van der Waals surface area contributed by atoms with Gasteiger partial charge in [-0.3, -0.25) is 4.79 Å². The first kappa shape index (κ1) is 16.5. The Kier molecular flexibility index (Phi) is 4.55. The molecule has 0 saturated carbocycles. The van der Waals surface area contributed by atoms with Crippen LogP contribution in [0.4, 0.5) is 0 Å². The van der Waals surface area contributed by atoms with E-state index in [0.29, 0.717) is 20.9 Å². The molecule has 0 aliphatic carbocycles. The SMILES string of the molecule is NC(=O)C1=C(c2ccccc2)NC(=S)N[C@@H]1c1ccc(O)c(Br)c1. The molecular formula is C17H14BrN3O2S. The summed E-state index contributed by atoms with van der Waals surface area (Å²) in [6.45, 7) is 0. The normalized spacial score (nSPS) is 17.2. The van der Waals surface area contributed by atoms with Crippen molar-refractivity contribution >= 4 is 44.9 Å². The van der Waals surface area contributed by atoms with Crippen LogP contribution in [0.25, 0.3) is 5.70 Å². The van der Waals surface area contributed by atoms with Gasteiger partial charge in [0, 0.05) is 0 Å². The highest BCUT2D eigenvalue weighted by Gasteiger charge is 2.31. The van der Waals surface area contributed by atoms with Gasteiger partial charge in [-0.2, -0.15) is 0 Å². The van der Waals surface area contributed by atoms with Gasteiger partial charge in [0.2, 0.25) is 5.91 Å². The number of hydrogen-bond donors (Lipinski definition) is 4. The minimum Gasteiger partial charge on any atom is -0.507 e.